The summed E-state index contributed by atoms with van der Waals surface area (Å²) in [6.45, 7) is 6.27. The number of carboxylic acid groups (broad SMARTS) is 1. The molecule has 1 aromatic heterocycles. The highest BCUT2D eigenvalue weighted by atomic mass is 32.1. The van der Waals surface area contributed by atoms with E-state index in [-0.39, 0.29) is 11.1 Å². The lowest BCUT2D eigenvalue weighted by Gasteiger charge is -2.19. The van der Waals surface area contributed by atoms with E-state index in [9.17, 15) is 14.7 Å². The molecule has 4 nitrogen and oxygen atoms in total. The summed E-state index contributed by atoms with van der Waals surface area (Å²) >= 11 is 1.46. The Bertz CT molecular complexity index is 723. The average Bonchev–Trinajstić information content (AvgIpc) is 2.98. The van der Waals surface area contributed by atoms with Crippen molar-refractivity contribution >= 4 is 29.3 Å². The maximum absolute atomic E-state index is 12.2. The van der Waals surface area contributed by atoms with Gasteiger partial charge in [-0.05, 0) is 51.6 Å². The normalized spacial score (nSPS) is 12.0. The van der Waals surface area contributed by atoms with E-state index >= 15 is 0 Å². The molecule has 0 fully saturated rings. The summed E-state index contributed by atoms with van der Waals surface area (Å²) < 4.78 is 0. The smallest absolute Gasteiger partial charge is 0.352 e. The van der Waals surface area contributed by atoms with Crippen LogP contribution in [0.25, 0.3) is 6.08 Å². The van der Waals surface area contributed by atoms with Crippen LogP contribution in [0.1, 0.15) is 42.3 Å². The zero-order valence-corrected chi connectivity index (χ0v) is 14.1. The lowest BCUT2D eigenvalue weighted by atomic mass is 9.87. The van der Waals surface area contributed by atoms with Gasteiger partial charge >= 0.3 is 5.97 Å². The Labute approximate surface area is 139 Å². The second kappa shape index (κ2) is 6.79. The highest BCUT2D eigenvalue weighted by molar-refractivity contribution is 7.08. The molecule has 0 bridgehead atoms. The van der Waals surface area contributed by atoms with Crippen LogP contribution in [-0.2, 0) is 10.2 Å². The van der Waals surface area contributed by atoms with E-state index < -0.39 is 11.9 Å². The van der Waals surface area contributed by atoms with Crippen LogP contribution in [0.3, 0.4) is 0 Å². The SMILES string of the molecule is CC(C)(C)c1ccc(C(=O)N/C(=C/c2ccsc2)C(=O)O)cc1. The number of amides is 1. The van der Waals surface area contributed by atoms with Gasteiger partial charge in [0.2, 0.25) is 0 Å². The molecule has 0 atom stereocenters. The molecular formula is C18H19NO3S. The first-order chi connectivity index (χ1) is 10.8. The third-order valence-electron chi connectivity index (χ3n) is 3.35. The average molecular weight is 329 g/mol. The van der Waals surface area contributed by atoms with Gasteiger partial charge < -0.3 is 10.4 Å². The quantitative estimate of drug-likeness (QED) is 0.836. The molecule has 23 heavy (non-hydrogen) atoms. The summed E-state index contributed by atoms with van der Waals surface area (Å²) in [5.41, 5.74) is 2.14. The third-order valence-corrected chi connectivity index (χ3v) is 4.05. The van der Waals surface area contributed by atoms with Crippen molar-refractivity contribution in [2.75, 3.05) is 0 Å². The summed E-state index contributed by atoms with van der Waals surface area (Å²) in [4.78, 5) is 23.5. The number of benzene rings is 1. The molecule has 5 heteroatoms. The van der Waals surface area contributed by atoms with Gasteiger partial charge in [-0.25, -0.2) is 4.79 Å². The second-order valence-electron chi connectivity index (χ2n) is 6.20. The van der Waals surface area contributed by atoms with Gasteiger partial charge in [0.15, 0.2) is 0 Å². The highest BCUT2D eigenvalue weighted by Gasteiger charge is 2.16. The van der Waals surface area contributed by atoms with Crippen LogP contribution in [0.2, 0.25) is 0 Å². The van der Waals surface area contributed by atoms with Crippen molar-refractivity contribution in [1.82, 2.24) is 5.32 Å². The van der Waals surface area contributed by atoms with E-state index in [1.54, 1.807) is 18.2 Å². The Hall–Kier alpha value is -2.40. The van der Waals surface area contributed by atoms with Gasteiger partial charge in [-0.15, -0.1) is 0 Å². The molecule has 0 unspecified atom stereocenters. The Morgan fingerprint density at radius 3 is 2.26 bits per heavy atom. The van der Waals surface area contributed by atoms with Gasteiger partial charge in [-0.3, -0.25) is 4.79 Å². The van der Waals surface area contributed by atoms with E-state index in [0.29, 0.717) is 5.56 Å². The Morgan fingerprint density at radius 1 is 1.13 bits per heavy atom. The van der Waals surface area contributed by atoms with Crippen LogP contribution in [0.15, 0.2) is 46.8 Å². The van der Waals surface area contributed by atoms with Gasteiger partial charge in [0.1, 0.15) is 5.70 Å². The minimum absolute atomic E-state index is 0.0000825. The number of thiophene rings is 1. The molecule has 0 aliphatic rings. The molecule has 120 valence electrons. The zero-order valence-electron chi connectivity index (χ0n) is 13.3. The molecule has 0 saturated carbocycles. The molecular weight excluding hydrogens is 310 g/mol. The standard InChI is InChI=1S/C18H19NO3S/c1-18(2,3)14-6-4-13(5-7-14)16(20)19-15(17(21)22)10-12-8-9-23-11-12/h4-11H,1-3H3,(H,19,20)(H,21,22)/b15-10+. The van der Waals surface area contributed by atoms with E-state index in [1.807, 2.05) is 22.9 Å². The number of rotatable bonds is 4. The predicted octanol–water partition coefficient (Wildman–Crippen LogP) is 3.90. The lowest BCUT2D eigenvalue weighted by Crippen LogP contribution is -2.27. The van der Waals surface area contributed by atoms with E-state index in [0.717, 1.165) is 11.1 Å². The van der Waals surface area contributed by atoms with Crippen LogP contribution in [0.5, 0.6) is 0 Å². The van der Waals surface area contributed by atoms with Crippen LogP contribution in [0.4, 0.5) is 0 Å². The lowest BCUT2D eigenvalue weighted by molar-refractivity contribution is -0.132. The van der Waals surface area contributed by atoms with Gasteiger partial charge in [0.25, 0.3) is 5.91 Å². The molecule has 2 aromatic rings. The van der Waals surface area contributed by atoms with Gasteiger partial charge in [-0.2, -0.15) is 11.3 Å². The predicted molar refractivity (Wildman–Crippen MR) is 92.5 cm³/mol. The second-order valence-corrected chi connectivity index (χ2v) is 6.98. The van der Waals surface area contributed by atoms with E-state index in [2.05, 4.69) is 26.1 Å². The van der Waals surface area contributed by atoms with Crippen molar-refractivity contribution in [2.24, 2.45) is 0 Å². The first-order valence-corrected chi connectivity index (χ1v) is 8.11. The van der Waals surface area contributed by atoms with E-state index in [4.69, 9.17) is 0 Å². The minimum atomic E-state index is -1.17. The first kappa shape index (κ1) is 17.0. The topological polar surface area (TPSA) is 66.4 Å². The fourth-order valence-corrected chi connectivity index (χ4v) is 2.61. The molecule has 0 aliphatic carbocycles. The van der Waals surface area contributed by atoms with Gasteiger partial charge in [0, 0.05) is 5.56 Å². The van der Waals surface area contributed by atoms with Crippen molar-refractivity contribution in [3.63, 3.8) is 0 Å². The molecule has 1 aromatic carbocycles. The van der Waals surface area contributed by atoms with E-state index in [1.165, 1.54) is 17.4 Å². The number of nitrogens with one attached hydrogen (secondary N) is 1. The van der Waals surface area contributed by atoms with Crippen molar-refractivity contribution in [2.45, 2.75) is 26.2 Å². The number of carbonyl (C=O) groups excluding carboxylic acids is 1. The zero-order chi connectivity index (χ0) is 17.0. The highest BCUT2D eigenvalue weighted by Crippen LogP contribution is 2.22. The molecule has 2 rings (SSSR count). The van der Waals surface area contributed by atoms with Gasteiger partial charge in [-0.1, -0.05) is 32.9 Å². The van der Waals surface area contributed by atoms with Crippen LogP contribution < -0.4 is 5.32 Å². The molecule has 0 saturated heterocycles. The summed E-state index contributed by atoms with van der Waals surface area (Å²) in [6.07, 6.45) is 1.44. The Morgan fingerprint density at radius 2 is 1.78 bits per heavy atom. The molecule has 0 radical (unpaired) electrons. The largest absolute Gasteiger partial charge is 0.477 e. The molecule has 2 N–H and O–H groups in total. The Kier molecular flexibility index (Phi) is 5.01. The van der Waals surface area contributed by atoms with Crippen molar-refractivity contribution in [3.05, 3.63) is 63.5 Å². The maximum atomic E-state index is 12.2. The molecule has 1 heterocycles. The van der Waals surface area contributed by atoms with Crippen molar-refractivity contribution in [1.29, 1.82) is 0 Å². The van der Waals surface area contributed by atoms with Gasteiger partial charge in [0.05, 0.1) is 0 Å². The van der Waals surface area contributed by atoms with Crippen molar-refractivity contribution in [3.8, 4) is 0 Å². The molecule has 0 spiro atoms. The van der Waals surface area contributed by atoms with Crippen LogP contribution in [0, 0.1) is 0 Å². The summed E-state index contributed by atoms with van der Waals surface area (Å²) in [7, 11) is 0. The summed E-state index contributed by atoms with van der Waals surface area (Å²) in [5, 5.41) is 15.4. The first-order valence-electron chi connectivity index (χ1n) is 7.16. The number of aliphatic carboxylic acids is 1. The summed E-state index contributed by atoms with van der Waals surface area (Å²) in [5.74, 6) is -1.61. The summed E-state index contributed by atoms with van der Waals surface area (Å²) in [6, 6.07) is 8.98. The fourth-order valence-electron chi connectivity index (χ4n) is 1.99. The minimum Gasteiger partial charge on any atom is -0.477 e. The number of carboxylic acids is 1. The van der Waals surface area contributed by atoms with Crippen molar-refractivity contribution < 1.29 is 14.7 Å². The molecule has 1 amide bonds. The Balaban J connectivity index is 2.18. The number of hydrogen-bond donors (Lipinski definition) is 2. The number of hydrogen-bond acceptors (Lipinski definition) is 3. The van der Waals surface area contributed by atoms with Crippen LogP contribution >= 0.6 is 11.3 Å². The monoisotopic (exact) mass is 329 g/mol. The van der Waals surface area contributed by atoms with Crippen LogP contribution in [-0.4, -0.2) is 17.0 Å². The molecule has 0 aliphatic heterocycles. The maximum Gasteiger partial charge on any atom is 0.352 e. The third kappa shape index (κ3) is 4.53. The number of carbonyl (C=O) groups is 2. The fraction of sp³-hybridized carbons (Fsp3) is 0.222.